The third kappa shape index (κ3) is 4.79. The molecule has 1 aromatic rings. The second-order valence-electron chi connectivity index (χ2n) is 8.56. The Morgan fingerprint density at radius 1 is 1.04 bits per heavy atom. The van der Waals surface area contributed by atoms with E-state index < -0.39 is 6.10 Å². The molecule has 3 heteroatoms. The smallest absolute Gasteiger partial charge is 0.0833 e. The molecular weight excluding hydrogens is 433 g/mol. The topological polar surface area (TPSA) is 20.2 Å². The molecule has 0 aromatic heterocycles. The predicted molar refractivity (Wildman–Crippen MR) is 108 cm³/mol. The summed E-state index contributed by atoms with van der Waals surface area (Å²) in [4.78, 5) is 0. The number of rotatable bonds is 7. The predicted octanol–water partition coefficient (Wildman–Crippen LogP) is 1.92. The van der Waals surface area contributed by atoms with E-state index in [-0.39, 0.29) is 29.4 Å². The third-order valence-electron chi connectivity index (χ3n) is 6.71. The third-order valence-corrected chi connectivity index (χ3v) is 6.71. The first-order valence-corrected chi connectivity index (χ1v) is 9.65. The fourth-order valence-electron chi connectivity index (χ4n) is 4.10. The first-order valence-electron chi connectivity index (χ1n) is 9.65. The molecule has 1 aliphatic rings. The molecule has 0 saturated carbocycles. The largest absolute Gasteiger partial charge is 1.00 e. The highest BCUT2D eigenvalue weighted by Crippen LogP contribution is 2.45. The Kier molecular flexibility index (Phi) is 8.56. The summed E-state index contributed by atoms with van der Waals surface area (Å²) in [5.41, 5.74) is 1.05. The Morgan fingerprint density at radius 2 is 1.62 bits per heavy atom. The van der Waals surface area contributed by atoms with Crippen LogP contribution < -0.4 is 24.0 Å². The standard InChI is InChI=1S/C23H36NO.HI/c1-18(2)24(6,19(3)4)17-15-21(20-12-8-7-9-13-20)23(5)16-11-10-14-22(23)25;/h7-14,16,18-19,21-22,25H,15,17H2,1-6H3;1H/q+1;/p-1/t21-,22?,23?;/m1./s1. The van der Waals surface area contributed by atoms with Crippen molar-refractivity contribution in [1.29, 1.82) is 0 Å². The van der Waals surface area contributed by atoms with Crippen LogP contribution in [0.2, 0.25) is 0 Å². The fraction of sp³-hybridized carbons (Fsp3) is 0.565. The highest BCUT2D eigenvalue weighted by molar-refractivity contribution is 5.30. The SMILES string of the molecule is CC(C)[N+](C)(CC[C@H](c1ccccc1)C1(C)C=CC=CC1O)C(C)C.[I-]. The number of quaternary nitrogens is 1. The van der Waals surface area contributed by atoms with E-state index in [4.69, 9.17) is 0 Å². The van der Waals surface area contributed by atoms with Gasteiger partial charge in [-0.15, -0.1) is 0 Å². The van der Waals surface area contributed by atoms with Gasteiger partial charge >= 0.3 is 0 Å². The molecule has 3 atom stereocenters. The van der Waals surface area contributed by atoms with Crippen LogP contribution in [0.15, 0.2) is 54.6 Å². The van der Waals surface area contributed by atoms with Gasteiger partial charge in [0.1, 0.15) is 0 Å². The molecule has 0 radical (unpaired) electrons. The van der Waals surface area contributed by atoms with Gasteiger partial charge in [0, 0.05) is 17.8 Å². The molecule has 0 amide bonds. The molecule has 0 spiro atoms. The van der Waals surface area contributed by atoms with Crippen LogP contribution in [-0.2, 0) is 0 Å². The van der Waals surface area contributed by atoms with Gasteiger partial charge in [-0.3, -0.25) is 0 Å². The summed E-state index contributed by atoms with van der Waals surface area (Å²) in [6.45, 7) is 12.6. The van der Waals surface area contributed by atoms with Crippen LogP contribution in [0.1, 0.15) is 52.5 Å². The maximum atomic E-state index is 10.8. The lowest BCUT2D eigenvalue weighted by Gasteiger charge is -2.46. The second kappa shape index (κ2) is 9.52. The molecule has 0 bridgehead atoms. The minimum atomic E-state index is -0.445. The number of aliphatic hydroxyl groups is 1. The van der Waals surface area contributed by atoms with Crippen molar-refractivity contribution in [2.75, 3.05) is 13.6 Å². The molecule has 0 aliphatic heterocycles. The van der Waals surface area contributed by atoms with Crippen LogP contribution in [0, 0.1) is 5.41 Å². The molecule has 2 unspecified atom stereocenters. The summed E-state index contributed by atoms with van der Waals surface area (Å²) in [7, 11) is 2.37. The molecular formula is C23H36INO. The quantitative estimate of drug-likeness (QED) is 0.478. The zero-order valence-corrected chi connectivity index (χ0v) is 19.3. The normalized spacial score (nSPS) is 24.0. The van der Waals surface area contributed by atoms with Gasteiger partial charge in [0.15, 0.2) is 0 Å². The number of hydrogen-bond acceptors (Lipinski definition) is 1. The molecule has 0 fully saturated rings. The van der Waals surface area contributed by atoms with Gasteiger partial charge in [-0.05, 0) is 33.3 Å². The molecule has 2 nitrogen and oxygen atoms in total. The lowest BCUT2D eigenvalue weighted by atomic mass is 9.66. The lowest BCUT2D eigenvalue weighted by Crippen LogP contribution is -3.00. The van der Waals surface area contributed by atoms with E-state index in [2.05, 4.69) is 84.2 Å². The van der Waals surface area contributed by atoms with Crippen LogP contribution in [0.3, 0.4) is 0 Å². The Bertz CT molecular complexity index is 600. The van der Waals surface area contributed by atoms with Crippen LogP contribution in [0.4, 0.5) is 0 Å². The zero-order chi connectivity index (χ0) is 18.7. The number of benzene rings is 1. The highest BCUT2D eigenvalue weighted by atomic mass is 127. The summed E-state index contributed by atoms with van der Waals surface area (Å²) in [6, 6.07) is 11.9. The van der Waals surface area contributed by atoms with Crippen molar-refractivity contribution in [2.24, 2.45) is 5.41 Å². The van der Waals surface area contributed by atoms with Gasteiger partial charge in [-0.2, -0.15) is 0 Å². The highest BCUT2D eigenvalue weighted by Gasteiger charge is 2.41. The van der Waals surface area contributed by atoms with Crippen molar-refractivity contribution in [2.45, 2.75) is 65.1 Å². The van der Waals surface area contributed by atoms with E-state index in [1.807, 2.05) is 12.2 Å². The Balaban J connectivity index is 0.00000338. The minimum Gasteiger partial charge on any atom is -1.00 e. The van der Waals surface area contributed by atoms with Gasteiger partial charge in [-0.25, -0.2) is 0 Å². The summed E-state index contributed by atoms with van der Waals surface area (Å²) in [5.74, 6) is 0.292. The number of halogens is 1. The molecule has 2 rings (SSSR count). The molecule has 0 saturated heterocycles. The Hall–Kier alpha value is -0.650. The van der Waals surface area contributed by atoms with Gasteiger partial charge < -0.3 is 33.6 Å². The average Bonchev–Trinajstić information content (AvgIpc) is 2.58. The van der Waals surface area contributed by atoms with Crippen molar-refractivity contribution in [3.05, 3.63) is 60.2 Å². The second-order valence-corrected chi connectivity index (χ2v) is 8.56. The number of hydrogen-bond donors (Lipinski definition) is 1. The van der Waals surface area contributed by atoms with Crippen LogP contribution in [0.5, 0.6) is 0 Å². The first-order chi connectivity index (χ1) is 11.7. The minimum absolute atomic E-state index is 0. The molecule has 146 valence electrons. The monoisotopic (exact) mass is 469 g/mol. The molecule has 0 heterocycles. The van der Waals surface area contributed by atoms with Crippen LogP contribution >= 0.6 is 0 Å². The molecule has 26 heavy (non-hydrogen) atoms. The van der Waals surface area contributed by atoms with Crippen molar-refractivity contribution >= 4 is 0 Å². The summed E-state index contributed by atoms with van der Waals surface area (Å²) >= 11 is 0. The van der Waals surface area contributed by atoms with Crippen molar-refractivity contribution in [3.8, 4) is 0 Å². The van der Waals surface area contributed by atoms with Crippen molar-refractivity contribution < 1.29 is 33.6 Å². The fourth-order valence-corrected chi connectivity index (χ4v) is 4.10. The van der Waals surface area contributed by atoms with Gasteiger partial charge in [0.25, 0.3) is 0 Å². The number of aliphatic hydroxyl groups excluding tert-OH is 1. The van der Waals surface area contributed by atoms with Gasteiger partial charge in [0.05, 0.1) is 31.8 Å². The van der Waals surface area contributed by atoms with Crippen molar-refractivity contribution in [3.63, 3.8) is 0 Å². The Labute approximate surface area is 177 Å². The van der Waals surface area contributed by atoms with Crippen LogP contribution in [-0.4, -0.2) is 41.4 Å². The molecule has 1 aromatic carbocycles. The Morgan fingerprint density at radius 3 is 2.12 bits per heavy atom. The van der Waals surface area contributed by atoms with E-state index in [0.717, 1.165) is 17.4 Å². The van der Waals surface area contributed by atoms with Crippen molar-refractivity contribution in [1.82, 2.24) is 0 Å². The summed E-state index contributed by atoms with van der Waals surface area (Å²) < 4.78 is 1.05. The van der Waals surface area contributed by atoms with Gasteiger partial charge in [-0.1, -0.05) is 61.6 Å². The number of allylic oxidation sites excluding steroid dienone is 2. The maximum absolute atomic E-state index is 10.8. The summed E-state index contributed by atoms with van der Waals surface area (Å²) in [5, 5.41) is 10.8. The zero-order valence-electron chi connectivity index (χ0n) is 17.2. The van der Waals surface area contributed by atoms with Gasteiger partial charge in [0.2, 0.25) is 0 Å². The van der Waals surface area contributed by atoms with Crippen LogP contribution in [0.25, 0.3) is 0 Å². The average molecular weight is 469 g/mol. The van der Waals surface area contributed by atoms with E-state index in [0.29, 0.717) is 18.0 Å². The summed E-state index contributed by atoms with van der Waals surface area (Å²) in [6.07, 6.45) is 8.78. The number of nitrogens with zero attached hydrogens (tertiary/aromatic N) is 1. The maximum Gasteiger partial charge on any atom is 0.0833 e. The molecule has 1 aliphatic carbocycles. The first kappa shape index (κ1) is 23.4. The van der Waals surface area contributed by atoms with E-state index in [1.54, 1.807) is 0 Å². The lowest BCUT2D eigenvalue weighted by molar-refractivity contribution is -0.949. The van der Waals surface area contributed by atoms with E-state index in [9.17, 15) is 5.11 Å². The van der Waals surface area contributed by atoms with E-state index >= 15 is 0 Å². The van der Waals surface area contributed by atoms with E-state index in [1.165, 1.54) is 5.56 Å². The molecule has 1 N–H and O–H groups in total.